The molecule has 0 aliphatic carbocycles. The zero-order chi connectivity index (χ0) is 16.7. The number of rotatable bonds is 8. The highest BCUT2D eigenvalue weighted by Crippen LogP contribution is 2.37. The normalized spacial score (nSPS) is 9.96. The fourth-order valence-electron chi connectivity index (χ4n) is 2.07. The summed E-state index contributed by atoms with van der Waals surface area (Å²) in [7, 11) is 1.64. The van der Waals surface area contributed by atoms with E-state index < -0.39 is 0 Å². The Hall–Kier alpha value is -1.20. The third-order valence-electron chi connectivity index (χ3n) is 3.20. The molecule has 2 aromatic rings. The standard InChI is InChI=1S/C18H19BrClNO2.ClH/c1-3-8-21-11-14-9-16(19)18(17(10-14)22-2)23-12-13-4-6-15(20)7-5-13;/h3-7,9-10,21H,1,8,11-12H2,2H3;1H. The van der Waals surface area contributed by atoms with Gasteiger partial charge in [-0.15, -0.1) is 19.0 Å². The van der Waals surface area contributed by atoms with Crippen molar-refractivity contribution in [1.82, 2.24) is 5.32 Å². The zero-order valence-corrected chi connectivity index (χ0v) is 16.5. The predicted molar refractivity (Wildman–Crippen MR) is 106 cm³/mol. The maximum absolute atomic E-state index is 5.91. The van der Waals surface area contributed by atoms with Gasteiger partial charge in [0.1, 0.15) is 6.61 Å². The third-order valence-corrected chi connectivity index (χ3v) is 4.04. The molecule has 6 heteroatoms. The highest BCUT2D eigenvalue weighted by atomic mass is 79.9. The molecule has 0 aliphatic rings. The lowest BCUT2D eigenvalue weighted by atomic mass is 10.2. The highest BCUT2D eigenvalue weighted by molar-refractivity contribution is 9.10. The monoisotopic (exact) mass is 431 g/mol. The summed E-state index contributed by atoms with van der Waals surface area (Å²) < 4.78 is 12.2. The van der Waals surface area contributed by atoms with Gasteiger partial charge in [-0.05, 0) is 51.3 Å². The van der Waals surface area contributed by atoms with Crippen molar-refractivity contribution < 1.29 is 9.47 Å². The minimum atomic E-state index is 0. The molecule has 24 heavy (non-hydrogen) atoms. The molecular formula is C18H20BrCl2NO2. The van der Waals surface area contributed by atoms with Crippen molar-refractivity contribution in [2.45, 2.75) is 13.2 Å². The van der Waals surface area contributed by atoms with Gasteiger partial charge >= 0.3 is 0 Å². The molecule has 3 nitrogen and oxygen atoms in total. The van der Waals surface area contributed by atoms with Crippen LogP contribution in [0.15, 0.2) is 53.5 Å². The first-order valence-electron chi connectivity index (χ1n) is 7.19. The average molecular weight is 433 g/mol. The lowest BCUT2D eigenvalue weighted by Crippen LogP contribution is -2.12. The minimum Gasteiger partial charge on any atom is -0.493 e. The molecule has 0 amide bonds. The Balaban J connectivity index is 0.00000288. The largest absolute Gasteiger partial charge is 0.493 e. The van der Waals surface area contributed by atoms with Crippen molar-refractivity contribution in [1.29, 1.82) is 0 Å². The van der Waals surface area contributed by atoms with Crippen molar-refractivity contribution in [3.8, 4) is 11.5 Å². The lowest BCUT2D eigenvalue weighted by molar-refractivity contribution is 0.282. The quantitative estimate of drug-likeness (QED) is 0.448. The van der Waals surface area contributed by atoms with E-state index in [1.807, 2.05) is 42.5 Å². The van der Waals surface area contributed by atoms with Crippen LogP contribution in [0.3, 0.4) is 0 Å². The highest BCUT2D eigenvalue weighted by Gasteiger charge is 2.12. The van der Waals surface area contributed by atoms with Gasteiger partial charge in [-0.3, -0.25) is 0 Å². The van der Waals surface area contributed by atoms with Gasteiger partial charge in [-0.2, -0.15) is 0 Å². The van der Waals surface area contributed by atoms with Gasteiger partial charge in [-0.1, -0.05) is 29.8 Å². The molecule has 0 bridgehead atoms. The second kappa shape index (κ2) is 10.6. The van der Waals surface area contributed by atoms with Crippen molar-refractivity contribution in [2.24, 2.45) is 0 Å². The fraction of sp³-hybridized carbons (Fsp3) is 0.222. The molecule has 2 aromatic carbocycles. The van der Waals surface area contributed by atoms with Gasteiger partial charge in [0.25, 0.3) is 0 Å². The lowest BCUT2D eigenvalue weighted by Gasteiger charge is -2.15. The molecule has 0 heterocycles. The maximum atomic E-state index is 5.91. The van der Waals surface area contributed by atoms with Crippen LogP contribution in [0.2, 0.25) is 5.02 Å². The summed E-state index contributed by atoms with van der Waals surface area (Å²) >= 11 is 9.45. The first-order valence-corrected chi connectivity index (χ1v) is 8.36. The summed E-state index contributed by atoms with van der Waals surface area (Å²) in [5.74, 6) is 1.39. The third kappa shape index (κ3) is 6.02. The summed E-state index contributed by atoms with van der Waals surface area (Å²) in [5, 5.41) is 3.98. The van der Waals surface area contributed by atoms with E-state index in [4.69, 9.17) is 21.1 Å². The van der Waals surface area contributed by atoms with Gasteiger partial charge in [-0.25, -0.2) is 0 Å². The van der Waals surface area contributed by atoms with E-state index in [2.05, 4.69) is 27.8 Å². The minimum absolute atomic E-state index is 0. The second-order valence-electron chi connectivity index (χ2n) is 4.94. The van der Waals surface area contributed by atoms with Gasteiger partial charge < -0.3 is 14.8 Å². The number of methoxy groups -OCH3 is 1. The first-order chi connectivity index (χ1) is 11.1. The van der Waals surface area contributed by atoms with Gasteiger partial charge in [0.05, 0.1) is 11.6 Å². The summed E-state index contributed by atoms with van der Waals surface area (Å²) in [6.45, 7) is 5.63. The Morgan fingerprint density at radius 2 is 1.92 bits per heavy atom. The van der Waals surface area contributed by atoms with E-state index in [9.17, 15) is 0 Å². The number of hydrogen-bond donors (Lipinski definition) is 1. The molecule has 0 aromatic heterocycles. The van der Waals surface area contributed by atoms with Crippen LogP contribution in [0.25, 0.3) is 0 Å². The van der Waals surface area contributed by atoms with Gasteiger partial charge in [0.15, 0.2) is 11.5 Å². The number of hydrogen-bond acceptors (Lipinski definition) is 3. The van der Waals surface area contributed by atoms with Gasteiger partial charge in [0.2, 0.25) is 0 Å². The molecule has 130 valence electrons. The second-order valence-corrected chi connectivity index (χ2v) is 6.23. The van der Waals surface area contributed by atoms with Crippen molar-refractivity contribution in [3.63, 3.8) is 0 Å². The molecule has 2 rings (SSSR count). The van der Waals surface area contributed by atoms with Crippen LogP contribution in [0.4, 0.5) is 0 Å². The average Bonchev–Trinajstić information content (AvgIpc) is 2.55. The van der Waals surface area contributed by atoms with Crippen LogP contribution in [0, 0.1) is 0 Å². The van der Waals surface area contributed by atoms with Crippen LogP contribution in [-0.4, -0.2) is 13.7 Å². The Morgan fingerprint density at radius 1 is 1.21 bits per heavy atom. The van der Waals surface area contributed by atoms with Crippen molar-refractivity contribution in [2.75, 3.05) is 13.7 Å². The van der Waals surface area contributed by atoms with Crippen LogP contribution in [0.5, 0.6) is 11.5 Å². The topological polar surface area (TPSA) is 30.5 Å². The van der Waals surface area contributed by atoms with Crippen LogP contribution < -0.4 is 14.8 Å². The van der Waals surface area contributed by atoms with E-state index in [1.54, 1.807) is 7.11 Å². The zero-order valence-electron chi connectivity index (χ0n) is 13.4. The van der Waals surface area contributed by atoms with E-state index in [1.165, 1.54) is 0 Å². The number of nitrogens with one attached hydrogen (secondary N) is 1. The van der Waals surface area contributed by atoms with E-state index in [0.29, 0.717) is 23.1 Å². The van der Waals surface area contributed by atoms with Crippen molar-refractivity contribution >= 4 is 39.9 Å². The van der Waals surface area contributed by atoms with Crippen molar-refractivity contribution in [3.05, 3.63) is 69.7 Å². The molecule has 0 spiro atoms. The molecule has 0 saturated carbocycles. The Bertz CT molecular complexity index is 663. The smallest absolute Gasteiger partial charge is 0.175 e. The molecule has 0 aliphatic heterocycles. The number of halogens is 3. The molecular weight excluding hydrogens is 413 g/mol. The number of benzene rings is 2. The summed E-state index contributed by atoms with van der Waals surface area (Å²) in [6, 6.07) is 11.6. The van der Waals surface area contributed by atoms with E-state index in [-0.39, 0.29) is 12.4 Å². The van der Waals surface area contributed by atoms with Crippen LogP contribution >= 0.6 is 39.9 Å². The summed E-state index contributed by atoms with van der Waals surface area (Å²) in [5.41, 5.74) is 2.15. The Labute approximate surface area is 162 Å². The van der Waals surface area contributed by atoms with Crippen LogP contribution in [0.1, 0.15) is 11.1 Å². The number of ether oxygens (including phenoxy) is 2. The predicted octanol–water partition coefficient (Wildman–Crippen LogP) is 5.39. The van der Waals surface area contributed by atoms with Crippen LogP contribution in [-0.2, 0) is 13.2 Å². The SMILES string of the molecule is C=CCNCc1cc(Br)c(OCc2ccc(Cl)cc2)c(OC)c1.Cl. The van der Waals surface area contributed by atoms with E-state index in [0.717, 1.165) is 28.7 Å². The maximum Gasteiger partial charge on any atom is 0.175 e. The van der Waals surface area contributed by atoms with Gasteiger partial charge in [0, 0.05) is 18.1 Å². The molecule has 0 saturated heterocycles. The first kappa shape index (κ1) is 20.8. The molecule has 1 N–H and O–H groups in total. The summed E-state index contributed by atoms with van der Waals surface area (Å²) in [4.78, 5) is 0. The molecule has 0 unspecified atom stereocenters. The molecule has 0 fully saturated rings. The molecule has 0 atom stereocenters. The Kier molecular flexibility index (Phi) is 9.22. The fourth-order valence-corrected chi connectivity index (χ4v) is 2.80. The van der Waals surface area contributed by atoms with E-state index >= 15 is 0 Å². The summed E-state index contributed by atoms with van der Waals surface area (Å²) in [6.07, 6.45) is 1.83. The Morgan fingerprint density at radius 3 is 2.54 bits per heavy atom. The molecule has 0 radical (unpaired) electrons.